The van der Waals surface area contributed by atoms with Crippen molar-refractivity contribution in [3.8, 4) is 0 Å². The Balaban J connectivity index is 1.54. The lowest BCUT2D eigenvalue weighted by Gasteiger charge is -2.73. The summed E-state index contributed by atoms with van der Waals surface area (Å²) in [6.45, 7) is 20.3. The molecular formula is C30H50O. The van der Waals surface area contributed by atoms with Crippen LogP contribution in [0, 0.1) is 62.6 Å². The Bertz CT molecular complexity index is 766. The first-order chi connectivity index (χ1) is 14.3. The predicted molar refractivity (Wildman–Crippen MR) is 130 cm³/mol. The minimum absolute atomic E-state index is 0.344. The summed E-state index contributed by atoms with van der Waals surface area (Å²) < 4.78 is 0. The van der Waals surface area contributed by atoms with Crippen LogP contribution in [0.3, 0.4) is 0 Å². The van der Waals surface area contributed by atoms with Crippen molar-refractivity contribution < 1.29 is 4.79 Å². The topological polar surface area (TPSA) is 17.1 Å². The van der Waals surface area contributed by atoms with Crippen LogP contribution in [0.1, 0.15) is 120 Å². The molecule has 31 heavy (non-hydrogen) atoms. The highest BCUT2D eigenvalue weighted by Crippen LogP contribution is 2.77. The average molecular weight is 427 g/mol. The molecule has 0 aromatic rings. The highest BCUT2D eigenvalue weighted by molar-refractivity contribution is 5.79. The van der Waals surface area contributed by atoms with Crippen LogP contribution in [0.2, 0.25) is 0 Å². The molecule has 5 saturated carbocycles. The van der Waals surface area contributed by atoms with E-state index in [0.717, 1.165) is 30.1 Å². The van der Waals surface area contributed by atoms with Gasteiger partial charge in [0.25, 0.3) is 0 Å². The lowest BCUT2D eigenvalue weighted by Crippen LogP contribution is -2.66. The standard InChI is InChI=1S/C30H50O/c1-19-11-15-28(6)23(26(19,3)4)13-16-30(8)24(28)10-9-22-25-21(20(2)31)12-14-27(25,5)17-18-29(22,30)7/h19,21-25H,9-18H2,1-8H3/t19?,21?,22?,23?,24?,25?,27?,28?,29-,30?/m1/s1. The van der Waals surface area contributed by atoms with Gasteiger partial charge < -0.3 is 0 Å². The molecule has 0 N–H and O–H groups in total. The molecule has 0 aromatic heterocycles. The monoisotopic (exact) mass is 426 g/mol. The van der Waals surface area contributed by atoms with Crippen LogP contribution in [-0.2, 0) is 4.79 Å². The molecule has 0 aliphatic heterocycles. The van der Waals surface area contributed by atoms with Gasteiger partial charge in [-0.05, 0) is 128 Å². The van der Waals surface area contributed by atoms with Gasteiger partial charge in [-0.15, -0.1) is 0 Å². The zero-order chi connectivity index (χ0) is 22.6. The summed E-state index contributed by atoms with van der Waals surface area (Å²) in [5, 5.41) is 0. The molecule has 5 aliphatic rings. The van der Waals surface area contributed by atoms with Crippen molar-refractivity contribution in [3.63, 3.8) is 0 Å². The molecule has 0 spiro atoms. The van der Waals surface area contributed by atoms with Gasteiger partial charge in [0.05, 0.1) is 0 Å². The number of hydrogen-bond acceptors (Lipinski definition) is 1. The Morgan fingerprint density at radius 2 is 1.42 bits per heavy atom. The summed E-state index contributed by atoms with van der Waals surface area (Å²) in [6.07, 6.45) is 13.7. The van der Waals surface area contributed by atoms with E-state index in [1.54, 1.807) is 0 Å². The quantitative estimate of drug-likeness (QED) is 0.412. The van der Waals surface area contributed by atoms with Crippen LogP contribution in [0.4, 0.5) is 0 Å². The second kappa shape index (κ2) is 6.63. The lowest BCUT2D eigenvalue weighted by atomic mass is 9.32. The van der Waals surface area contributed by atoms with Gasteiger partial charge in [-0.25, -0.2) is 0 Å². The van der Waals surface area contributed by atoms with Crippen molar-refractivity contribution in [2.45, 2.75) is 120 Å². The third-order valence-corrected chi connectivity index (χ3v) is 13.9. The zero-order valence-electron chi connectivity index (χ0n) is 21.9. The van der Waals surface area contributed by atoms with Gasteiger partial charge in [-0.2, -0.15) is 0 Å². The Kier molecular flexibility index (Phi) is 4.80. The van der Waals surface area contributed by atoms with E-state index >= 15 is 0 Å². The Morgan fingerprint density at radius 1 is 0.710 bits per heavy atom. The SMILES string of the molecule is CC(=O)C1CCC2(C)CC[C@]3(C)C(CCC4C5(C)CCC(C)C(C)(C)C5CCC43C)C12. The van der Waals surface area contributed by atoms with Crippen LogP contribution in [0.25, 0.3) is 0 Å². The summed E-state index contributed by atoms with van der Waals surface area (Å²) in [6, 6.07) is 0. The minimum atomic E-state index is 0.344. The normalized spacial score (nSPS) is 57.9. The second-order valence-electron chi connectivity index (χ2n) is 14.9. The Labute approximate surface area is 192 Å². The average Bonchev–Trinajstić information content (AvgIpc) is 3.04. The zero-order valence-corrected chi connectivity index (χ0v) is 21.9. The molecule has 0 radical (unpaired) electrons. The fourth-order valence-corrected chi connectivity index (χ4v) is 11.6. The highest BCUT2D eigenvalue weighted by Gasteiger charge is 2.70. The number of carbonyl (C=O) groups excluding carboxylic acids is 1. The largest absolute Gasteiger partial charge is 0.300 e. The maximum Gasteiger partial charge on any atom is 0.133 e. The Hall–Kier alpha value is -0.330. The second-order valence-corrected chi connectivity index (χ2v) is 14.9. The minimum Gasteiger partial charge on any atom is -0.300 e. The molecule has 0 aromatic carbocycles. The Morgan fingerprint density at radius 3 is 2.10 bits per heavy atom. The van der Waals surface area contributed by atoms with Gasteiger partial charge in [0.1, 0.15) is 5.78 Å². The fraction of sp³-hybridized carbons (Fsp3) is 0.967. The van der Waals surface area contributed by atoms with Crippen molar-refractivity contribution in [2.75, 3.05) is 0 Å². The number of Topliss-reactive ketones (excluding diaryl/α,β-unsaturated/α-hetero) is 1. The van der Waals surface area contributed by atoms with Gasteiger partial charge in [-0.1, -0.05) is 48.5 Å². The van der Waals surface area contributed by atoms with Crippen molar-refractivity contribution in [1.82, 2.24) is 0 Å². The number of carbonyl (C=O) groups is 1. The van der Waals surface area contributed by atoms with Gasteiger partial charge in [0.15, 0.2) is 0 Å². The van der Waals surface area contributed by atoms with Crippen LogP contribution in [-0.4, -0.2) is 5.78 Å². The van der Waals surface area contributed by atoms with E-state index in [2.05, 4.69) is 48.5 Å². The molecule has 0 amide bonds. The van der Waals surface area contributed by atoms with Gasteiger partial charge in [0.2, 0.25) is 0 Å². The summed E-state index contributed by atoms with van der Waals surface area (Å²) in [5.41, 5.74) is 2.27. The van der Waals surface area contributed by atoms with E-state index in [1.165, 1.54) is 57.8 Å². The number of rotatable bonds is 1. The molecule has 5 aliphatic carbocycles. The van der Waals surface area contributed by atoms with Gasteiger partial charge in [-0.3, -0.25) is 4.79 Å². The molecule has 176 valence electrons. The van der Waals surface area contributed by atoms with E-state index in [4.69, 9.17) is 0 Å². The molecule has 1 nitrogen and oxygen atoms in total. The molecule has 9 unspecified atom stereocenters. The first kappa shape index (κ1) is 22.5. The van der Waals surface area contributed by atoms with E-state index in [1.807, 2.05) is 6.92 Å². The summed E-state index contributed by atoms with van der Waals surface area (Å²) in [5.74, 6) is 4.85. The third-order valence-electron chi connectivity index (χ3n) is 13.9. The third kappa shape index (κ3) is 2.65. The molecule has 5 rings (SSSR count). The fourth-order valence-electron chi connectivity index (χ4n) is 11.6. The van der Waals surface area contributed by atoms with E-state index in [9.17, 15) is 4.79 Å². The summed E-state index contributed by atoms with van der Waals surface area (Å²) in [4.78, 5) is 12.7. The maximum absolute atomic E-state index is 12.7. The van der Waals surface area contributed by atoms with Crippen LogP contribution < -0.4 is 0 Å². The van der Waals surface area contributed by atoms with Gasteiger partial charge in [0, 0.05) is 5.92 Å². The van der Waals surface area contributed by atoms with Crippen molar-refractivity contribution >= 4 is 5.78 Å². The molecule has 0 bridgehead atoms. The molecule has 10 atom stereocenters. The highest BCUT2D eigenvalue weighted by atomic mass is 16.1. The molecule has 5 fully saturated rings. The van der Waals surface area contributed by atoms with Crippen LogP contribution in [0.5, 0.6) is 0 Å². The number of ketones is 1. The summed E-state index contributed by atoms with van der Waals surface area (Å²) >= 11 is 0. The number of hydrogen-bond donors (Lipinski definition) is 0. The predicted octanol–water partition coefficient (Wildman–Crippen LogP) is 8.31. The van der Waals surface area contributed by atoms with Gasteiger partial charge >= 0.3 is 0 Å². The van der Waals surface area contributed by atoms with E-state index < -0.39 is 0 Å². The smallest absolute Gasteiger partial charge is 0.133 e. The maximum atomic E-state index is 12.7. The molecule has 0 saturated heterocycles. The van der Waals surface area contributed by atoms with Crippen molar-refractivity contribution in [3.05, 3.63) is 0 Å². The summed E-state index contributed by atoms with van der Waals surface area (Å²) in [7, 11) is 0. The lowest BCUT2D eigenvalue weighted by molar-refractivity contribution is -0.240. The number of fused-ring (bicyclic) bond motifs is 7. The first-order valence-corrected chi connectivity index (χ1v) is 13.8. The van der Waals surface area contributed by atoms with Crippen LogP contribution in [0.15, 0.2) is 0 Å². The molecular weight excluding hydrogens is 376 g/mol. The van der Waals surface area contributed by atoms with Crippen molar-refractivity contribution in [2.24, 2.45) is 62.6 Å². The first-order valence-electron chi connectivity index (χ1n) is 13.8. The van der Waals surface area contributed by atoms with Crippen molar-refractivity contribution in [1.29, 1.82) is 0 Å². The molecule has 1 heteroatoms. The molecule has 0 heterocycles. The van der Waals surface area contributed by atoms with Crippen LogP contribution >= 0.6 is 0 Å². The van der Waals surface area contributed by atoms with E-state index in [0.29, 0.717) is 44.7 Å². The van der Waals surface area contributed by atoms with E-state index in [-0.39, 0.29) is 0 Å².